The van der Waals surface area contributed by atoms with Crippen LogP contribution >= 0.6 is 0 Å². The van der Waals surface area contributed by atoms with E-state index in [2.05, 4.69) is 44.9 Å². The summed E-state index contributed by atoms with van der Waals surface area (Å²) in [6, 6.07) is 16.3. The Hall–Kier alpha value is -3.93. The minimum absolute atomic E-state index is 0.585. The number of nitrogens with one attached hydrogen (secondary N) is 2. The lowest BCUT2D eigenvalue weighted by atomic mass is 10.1. The van der Waals surface area contributed by atoms with E-state index < -0.39 is 0 Å². The average molecular weight is 396 g/mol. The number of anilines is 4. The second-order valence-corrected chi connectivity index (χ2v) is 6.90. The number of hydrogen-bond donors (Lipinski definition) is 2. The number of hydrogen-bond acceptors (Lipinski definition) is 6. The molecule has 1 aliphatic heterocycles. The third-order valence-electron chi connectivity index (χ3n) is 4.99. The molecule has 0 fully saturated rings. The molecule has 6 heteroatoms. The zero-order valence-corrected chi connectivity index (χ0v) is 16.7. The molecule has 0 radical (unpaired) electrons. The number of benzene rings is 1. The predicted octanol–water partition coefficient (Wildman–Crippen LogP) is 4.77. The van der Waals surface area contributed by atoms with Crippen LogP contribution in [-0.4, -0.2) is 29.3 Å². The van der Waals surface area contributed by atoms with E-state index in [0.29, 0.717) is 6.54 Å². The van der Waals surface area contributed by atoms with E-state index in [1.807, 2.05) is 48.8 Å². The molecule has 0 saturated heterocycles. The Balaban J connectivity index is 1.72. The van der Waals surface area contributed by atoms with Gasteiger partial charge in [0.05, 0.1) is 29.8 Å². The number of pyridine rings is 2. The normalized spacial score (nSPS) is 12.9. The third kappa shape index (κ3) is 4.07. The number of fused-ring (bicyclic) bond motifs is 1. The summed E-state index contributed by atoms with van der Waals surface area (Å²) in [4.78, 5) is 13.4. The van der Waals surface area contributed by atoms with Crippen LogP contribution in [0.5, 0.6) is 0 Å². The van der Waals surface area contributed by atoms with Crippen LogP contribution in [0.1, 0.15) is 5.56 Å². The van der Waals surface area contributed by atoms with Crippen molar-refractivity contribution in [2.45, 2.75) is 6.54 Å². The van der Waals surface area contributed by atoms with Crippen molar-refractivity contribution in [1.29, 1.82) is 5.41 Å². The summed E-state index contributed by atoms with van der Waals surface area (Å²) in [6.45, 7) is 6.48. The van der Waals surface area contributed by atoms with Crippen LogP contribution in [0.25, 0.3) is 0 Å². The van der Waals surface area contributed by atoms with Gasteiger partial charge in [-0.2, -0.15) is 0 Å². The molecule has 150 valence electrons. The Morgan fingerprint density at radius 2 is 2.03 bits per heavy atom. The Morgan fingerprint density at radius 3 is 2.87 bits per heavy atom. The summed E-state index contributed by atoms with van der Waals surface area (Å²) in [5.41, 5.74) is 5.04. The smallest absolute Gasteiger partial charge is 0.138 e. The summed E-state index contributed by atoms with van der Waals surface area (Å²) in [6.07, 6.45) is 10.2. The Kier molecular flexibility index (Phi) is 5.85. The average Bonchev–Trinajstić information content (AvgIpc) is 2.81. The van der Waals surface area contributed by atoms with Crippen molar-refractivity contribution in [3.05, 3.63) is 97.1 Å². The molecule has 2 N–H and O–H groups in total. The zero-order chi connectivity index (χ0) is 20.8. The topological polar surface area (TPSA) is 68.1 Å². The molecule has 6 nitrogen and oxygen atoms in total. The molecule has 3 heterocycles. The number of allylic oxidation sites excluding steroid dienone is 2. The van der Waals surface area contributed by atoms with Gasteiger partial charge in [-0.3, -0.25) is 4.98 Å². The van der Waals surface area contributed by atoms with E-state index in [1.54, 1.807) is 12.3 Å². The lowest BCUT2D eigenvalue weighted by Gasteiger charge is -2.33. The maximum atomic E-state index is 7.29. The summed E-state index contributed by atoms with van der Waals surface area (Å²) in [5, 5.41) is 10.8. The molecule has 4 rings (SSSR count). The van der Waals surface area contributed by atoms with Crippen LogP contribution in [0.4, 0.5) is 22.9 Å². The molecule has 0 bridgehead atoms. The van der Waals surface area contributed by atoms with Gasteiger partial charge < -0.3 is 20.5 Å². The Labute approximate surface area is 176 Å². The first-order chi connectivity index (χ1) is 14.8. The molecule has 0 amide bonds. The maximum absolute atomic E-state index is 7.29. The molecule has 0 spiro atoms. The first-order valence-corrected chi connectivity index (χ1v) is 9.86. The van der Waals surface area contributed by atoms with Gasteiger partial charge in [0.15, 0.2) is 0 Å². The molecule has 2 aromatic heterocycles. The van der Waals surface area contributed by atoms with Crippen molar-refractivity contribution in [2.24, 2.45) is 0 Å². The van der Waals surface area contributed by atoms with Crippen LogP contribution < -0.4 is 15.1 Å². The molecule has 0 saturated carbocycles. The molecule has 3 aromatic rings. The van der Waals surface area contributed by atoms with E-state index in [9.17, 15) is 0 Å². The fourth-order valence-electron chi connectivity index (χ4n) is 3.59. The first-order valence-electron chi connectivity index (χ1n) is 9.86. The van der Waals surface area contributed by atoms with Crippen molar-refractivity contribution >= 4 is 29.1 Å². The number of aromatic nitrogens is 2. The largest absolute Gasteiger partial charge is 0.382 e. The van der Waals surface area contributed by atoms with Gasteiger partial charge in [0.2, 0.25) is 0 Å². The molecule has 1 aliphatic rings. The van der Waals surface area contributed by atoms with Gasteiger partial charge in [-0.05, 0) is 42.5 Å². The van der Waals surface area contributed by atoms with E-state index >= 15 is 0 Å². The van der Waals surface area contributed by atoms with Crippen LogP contribution in [0.3, 0.4) is 0 Å². The Morgan fingerprint density at radius 1 is 1.17 bits per heavy atom. The van der Waals surface area contributed by atoms with Crippen molar-refractivity contribution in [3.8, 4) is 0 Å². The lowest BCUT2D eigenvalue weighted by Crippen LogP contribution is -2.32. The highest BCUT2D eigenvalue weighted by Gasteiger charge is 2.22. The molecule has 0 aliphatic carbocycles. The second kappa shape index (κ2) is 9.05. The quantitative estimate of drug-likeness (QED) is 0.445. The van der Waals surface area contributed by atoms with Gasteiger partial charge in [-0.15, -0.1) is 0 Å². The van der Waals surface area contributed by atoms with Crippen molar-refractivity contribution in [3.63, 3.8) is 0 Å². The van der Waals surface area contributed by atoms with E-state index in [-0.39, 0.29) is 0 Å². The van der Waals surface area contributed by atoms with Crippen LogP contribution in [0.15, 0.2) is 91.5 Å². The monoisotopic (exact) mass is 396 g/mol. The highest BCUT2D eigenvalue weighted by atomic mass is 15.2. The van der Waals surface area contributed by atoms with Crippen LogP contribution in [0.2, 0.25) is 0 Å². The fraction of sp³-hybridized carbons (Fsp3) is 0.125. The van der Waals surface area contributed by atoms with Gasteiger partial charge in [0.1, 0.15) is 5.82 Å². The van der Waals surface area contributed by atoms with Crippen LogP contribution in [0, 0.1) is 5.41 Å². The van der Waals surface area contributed by atoms with Crippen molar-refractivity contribution in [1.82, 2.24) is 9.97 Å². The fourth-order valence-corrected chi connectivity index (χ4v) is 3.59. The second-order valence-electron chi connectivity index (χ2n) is 6.90. The van der Waals surface area contributed by atoms with Gasteiger partial charge in [-0.25, -0.2) is 4.98 Å². The minimum atomic E-state index is 0.585. The molecule has 30 heavy (non-hydrogen) atoms. The van der Waals surface area contributed by atoms with E-state index in [1.165, 1.54) is 6.21 Å². The molecule has 1 aromatic carbocycles. The van der Waals surface area contributed by atoms with Crippen molar-refractivity contribution in [2.75, 3.05) is 28.2 Å². The Bertz CT molecular complexity index is 1060. The summed E-state index contributed by atoms with van der Waals surface area (Å²) >= 11 is 0. The summed E-state index contributed by atoms with van der Waals surface area (Å²) in [5.74, 6) is 0.934. The van der Waals surface area contributed by atoms with Crippen molar-refractivity contribution < 1.29 is 0 Å². The number of nitrogens with zero attached hydrogens (tertiary/aromatic N) is 4. The summed E-state index contributed by atoms with van der Waals surface area (Å²) in [7, 11) is 0. The lowest BCUT2D eigenvalue weighted by molar-refractivity contribution is 0.871. The van der Waals surface area contributed by atoms with Gasteiger partial charge in [0.25, 0.3) is 0 Å². The third-order valence-corrected chi connectivity index (χ3v) is 4.99. The molecular formula is C24H24N6. The standard InChI is InChI=1S/C24H24N6/c1-19(7-4-12-25)30(21-9-6-13-26-17-21)18-20-8-5-14-28-24(20)29-16-15-27-22-10-2-3-11-23(22)29/h2-14,17,25,27H,1,15-16,18H2/b7-4-,25-12?. The summed E-state index contributed by atoms with van der Waals surface area (Å²) < 4.78 is 0. The highest BCUT2D eigenvalue weighted by Crippen LogP contribution is 2.35. The first kappa shape index (κ1) is 19.4. The minimum Gasteiger partial charge on any atom is -0.382 e. The van der Waals surface area contributed by atoms with Gasteiger partial charge in [-0.1, -0.05) is 24.8 Å². The number of rotatable bonds is 7. The maximum Gasteiger partial charge on any atom is 0.138 e. The molecule has 0 atom stereocenters. The highest BCUT2D eigenvalue weighted by molar-refractivity contribution is 5.78. The predicted molar refractivity (Wildman–Crippen MR) is 124 cm³/mol. The van der Waals surface area contributed by atoms with Crippen LogP contribution in [-0.2, 0) is 6.54 Å². The van der Waals surface area contributed by atoms with Gasteiger partial charge >= 0.3 is 0 Å². The van der Waals surface area contributed by atoms with E-state index in [4.69, 9.17) is 10.4 Å². The van der Waals surface area contributed by atoms with E-state index in [0.717, 1.165) is 47.2 Å². The molecule has 0 unspecified atom stereocenters. The van der Waals surface area contributed by atoms with Gasteiger partial charge in [0, 0.05) is 43.0 Å². The molecular weight excluding hydrogens is 372 g/mol. The SMILES string of the molecule is C=C(/C=C\C=N)N(Cc1cccnc1N1CCNc2ccccc21)c1cccnc1. The zero-order valence-electron chi connectivity index (χ0n) is 16.7. The number of para-hydroxylation sites is 2.